The molecule has 0 spiro atoms. The van der Waals surface area contributed by atoms with Gasteiger partial charge in [0.15, 0.2) is 0 Å². The van der Waals surface area contributed by atoms with Crippen LogP contribution in [0.5, 0.6) is 0 Å². The molecule has 3 aromatic rings. The molecular weight excluding hydrogens is 478 g/mol. The number of nitriles is 1. The van der Waals surface area contributed by atoms with E-state index in [2.05, 4.69) is 34.0 Å². The van der Waals surface area contributed by atoms with Crippen molar-refractivity contribution in [2.24, 2.45) is 13.0 Å². The van der Waals surface area contributed by atoms with Crippen LogP contribution >= 0.6 is 0 Å². The molecule has 0 radical (unpaired) electrons. The molecule has 1 aromatic carbocycles. The number of amides is 2. The topological polar surface area (TPSA) is 130 Å². The highest BCUT2D eigenvalue weighted by Crippen LogP contribution is 2.43. The van der Waals surface area contributed by atoms with Crippen LogP contribution in [0.4, 0.5) is 11.5 Å². The molecule has 38 heavy (non-hydrogen) atoms. The van der Waals surface area contributed by atoms with Gasteiger partial charge in [0.05, 0.1) is 17.1 Å². The number of likely N-dealkylation sites (tertiary alicyclic amines) is 1. The monoisotopic (exact) mass is 509 g/mol. The number of hydrogen-bond donors (Lipinski definition) is 2. The lowest BCUT2D eigenvalue weighted by Gasteiger charge is -2.28. The van der Waals surface area contributed by atoms with Crippen molar-refractivity contribution in [2.45, 2.75) is 45.1 Å². The quantitative estimate of drug-likeness (QED) is 0.490. The van der Waals surface area contributed by atoms with Crippen LogP contribution in [0.3, 0.4) is 0 Å². The van der Waals surface area contributed by atoms with Crippen molar-refractivity contribution in [3.8, 4) is 17.3 Å². The van der Waals surface area contributed by atoms with E-state index in [-0.39, 0.29) is 23.8 Å². The number of carbonyl (C=O) groups is 2. The molecule has 5 rings (SSSR count). The van der Waals surface area contributed by atoms with Crippen LogP contribution < -0.4 is 11.1 Å². The minimum Gasteiger partial charge on any atom is -0.383 e. The largest absolute Gasteiger partial charge is 0.383 e. The standard InChI is InChI=1S/C29H31N7O2/c1-17(2)28(37)34-21-12-10-19(11-13-21)25-23(24-26(31)32-16-33-27(24)35(25)3)18-6-8-20(9-7-18)29(38)36-14-4-5-22(36)15-30/h6,10-13,16,20,22H,1,4-5,7-9,14H2,2-3H3,(H,34,37)(H2,31,32,33)/t20-,22?/m0/s1. The second-order valence-electron chi connectivity index (χ2n) is 10.1. The molecule has 1 unspecified atom stereocenters. The van der Waals surface area contributed by atoms with Gasteiger partial charge in [0.25, 0.3) is 5.91 Å². The number of fused-ring (bicyclic) bond motifs is 1. The highest BCUT2D eigenvalue weighted by atomic mass is 16.2. The summed E-state index contributed by atoms with van der Waals surface area (Å²) in [4.78, 5) is 35.8. The summed E-state index contributed by atoms with van der Waals surface area (Å²) < 4.78 is 2.02. The van der Waals surface area contributed by atoms with Crippen LogP contribution in [0.15, 0.2) is 48.8 Å². The molecule has 2 aromatic heterocycles. The van der Waals surface area contributed by atoms with E-state index in [4.69, 9.17) is 5.73 Å². The lowest BCUT2D eigenvalue weighted by atomic mass is 9.84. The number of rotatable bonds is 5. The van der Waals surface area contributed by atoms with Gasteiger partial charge in [-0.05, 0) is 62.3 Å². The fourth-order valence-electron chi connectivity index (χ4n) is 5.56. The molecule has 2 aliphatic rings. The molecule has 3 heterocycles. The van der Waals surface area contributed by atoms with Crippen LogP contribution in [-0.2, 0) is 16.6 Å². The minimum absolute atomic E-state index is 0.0812. The van der Waals surface area contributed by atoms with Gasteiger partial charge in [-0.25, -0.2) is 9.97 Å². The first-order valence-corrected chi connectivity index (χ1v) is 12.9. The maximum Gasteiger partial charge on any atom is 0.250 e. The predicted molar refractivity (Wildman–Crippen MR) is 147 cm³/mol. The molecular formula is C29H31N7O2. The second kappa shape index (κ2) is 10.1. The van der Waals surface area contributed by atoms with Gasteiger partial charge < -0.3 is 20.5 Å². The average Bonchev–Trinajstić information content (AvgIpc) is 3.52. The van der Waals surface area contributed by atoms with Gasteiger partial charge in [0, 0.05) is 36.3 Å². The maximum absolute atomic E-state index is 13.2. The molecule has 9 nitrogen and oxygen atoms in total. The Bertz CT molecular complexity index is 1510. The van der Waals surface area contributed by atoms with Crippen molar-refractivity contribution in [3.63, 3.8) is 0 Å². The van der Waals surface area contributed by atoms with E-state index >= 15 is 0 Å². The number of anilines is 2. The Kier molecular flexibility index (Phi) is 6.72. The third-order valence-corrected chi connectivity index (χ3v) is 7.57. The SMILES string of the molecule is C=C(C)C(=O)Nc1ccc(-c2c(C3=CC[C@H](C(=O)N4CCCC4C#N)CC3)c3c(N)ncnc3n2C)cc1. The van der Waals surface area contributed by atoms with Gasteiger partial charge in [-0.3, -0.25) is 9.59 Å². The third-order valence-electron chi connectivity index (χ3n) is 7.57. The summed E-state index contributed by atoms with van der Waals surface area (Å²) in [5.41, 5.74) is 12.2. The molecule has 9 heteroatoms. The summed E-state index contributed by atoms with van der Waals surface area (Å²) in [5.74, 6) is 0.136. The molecule has 1 aliphatic heterocycles. The summed E-state index contributed by atoms with van der Waals surface area (Å²) in [6.45, 7) is 6.01. The lowest BCUT2D eigenvalue weighted by molar-refractivity contribution is -0.135. The van der Waals surface area contributed by atoms with E-state index in [0.717, 1.165) is 46.3 Å². The van der Waals surface area contributed by atoms with Crippen molar-refractivity contribution in [1.82, 2.24) is 19.4 Å². The molecule has 2 atom stereocenters. The zero-order valence-electron chi connectivity index (χ0n) is 21.7. The van der Waals surface area contributed by atoms with Crippen molar-refractivity contribution < 1.29 is 9.59 Å². The maximum atomic E-state index is 13.2. The fourth-order valence-corrected chi connectivity index (χ4v) is 5.56. The number of nitrogens with two attached hydrogens (primary N) is 1. The molecule has 1 saturated heterocycles. The van der Waals surface area contributed by atoms with Gasteiger partial charge in [0.2, 0.25) is 5.91 Å². The van der Waals surface area contributed by atoms with Crippen molar-refractivity contribution in [2.75, 3.05) is 17.6 Å². The number of allylic oxidation sites excluding steroid dienone is 2. The zero-order chi connectivity index (χ0) is 27.0. The normalized spacial score (nSPS) is 19.2. The Balaban J connectivity index is 1.51. The Morgan fingerprint density at radius 3 is 2.63 bits per heavy atom. The third kappa shape index (κ3) is 4.43. The van der Waals surface area contributed by atoms with Crippen LogP contribution in [0, 0.1) is 17.2 Å². The number of benzene rings is 1. The van der Waals surface area contributed by atoms with E-state index in [1.54, 1.807) is 11.8 Å². The van der Waals surface area contributed by atoms with E-state index in [1.807, 2.05) is 35.9 Å². The number of nitrogens with zero attached hydrogens (tertiary/aromatic N) is 5. The molecule has 2 amide bonds. The van der Waals surface area contributed by atoms with Crippen molar-refractivity contribution in [3.05, 3.63) is 54.4 Å². The number of carbonyl (C=O) groups excluding carboxylic acids is 2. The Labute approximate surface area is 221 Å². The summed E-state index contributed by atoms with van der Waals surface area (Å²) in [5, 5.41) is 13.1. The van der Waals surface area contributed by atoms with Gasteiger partial charge in [-0.1, -0.05) is 24.8 Å². The number of nitrogens with one attached hydrogen (secondary N) is 1. The zero-order valence-corrected chi connectivity index (χ0v) is 21.7. The van der Waals surface area contributed by atoms with Crippen LogP contribution in [0.2, 0.25) is 0 Å². The summed E-state index contributed by atoms with van der Waals surface area (Å²) in [7, 11) is 1.95. The Hall–Kier alpha value is -4.45. The molecule has 194 valence electrons. The number of aromatic nitrogens is 3. The van der Waals surface area contributed by atoms with E-state index in [9.17, 15) is 14.9 Å². The Morgan fingerprint density at radius 1 is 1.21 bits per heavy atom. The fraction of sp³-hybridized carbons (Fsp3) is 0.345. The number of hydrogen-bond acceptors (Lipinski definition) is 6. The highest BCUT2D eigenvalue weighted by molar-refractivity contribution is 6.05. The van der Waals surface area contributed by atoms with Crippen molar-refractivity contribution in [1.29, 1.82) is 5.26 Å². The molecule has 3 N–H and O–H groups in total. The molecule has 0 bridgehead atoms. The second-order valence-corrected chi connectivity index (χ2v) is 10.1. The highest BCUT2D eigenvalue weighted by Gasteiger charge is 2.34. The average molecular weight is 510 g/mol. The predicted octanol–water partition coefficient (Wildman–Crippen LogP) is 4.43. The van der Waals surface area contributed by atoms with Crippen LogP contribution in [0.25, 0.3) is 27.9 Å². The number of nitrogen functional groups attached to an aromatic ring is 1. The molecule has 0 saturated carbocycles. The summed E-state index contributed by atoms with van der Waals surface area (Å²) in [6, 6.07) is 9.60. The van der Waals surface area contributed by atoms with Crippen LogP contribution in [0.1, 0.15) is 44.6 Å². The van der Waals surface area contributed by atoms with Gasteiger partial charge in [-0.2, -0.15) is 5.26 Å². The molecule has 1 aliphatic carbocycles. The van der Waals surface area contributed by atoms with Crippen molar-refractivity contribution >= 4 is 39.9 Å². The van der Waals surface area contributed by atoms with Gasteiger partial charge >= 0.3 is 0 Å². The summed E-state index contributed by atoms with van der Waals surface area (Å²) in [6.07, 6.45) is 7.25. The minimum atomic E-state index is -0.308. The van der Waals surface area contributed by atoms with E-state index in [0.29, 0.717) is 42.9 Å². The lowest BCUT2D eigenvalue weighted by Crippen LogP contribution is -2.39. The first-order valence-electron chi connectivity index (χ1n) is 12.9. The Morgan fingerprint density at radius 2 is 1.97 bits per heavy atom. The van der Waals surface area contributed by atoms with Gasteiger partial charge in [-0.15, -0.1) is 0 Å². The van der Waals surface area contributed by atoms with Gasteiger partial charge in [0.1, 0.15) is 23.8 Å². The number of aryl methyl sites for hydroxylation is 1. The smallest absolute Gasteiger partial charge is 0.250 e. The summed E-state index contributed by atoms with van der Waals surface area (Å²) >= 11 is 0. The first kappa shape index (κ1) is 25.2. The van der Waals surface area contributed by atoms with Crippen LogP contribution in [-0.4, -0.2) is 43.8 Å². The first-order chi connectivity index (χ1) is 18.3. The molecule has 1 fully saturated rings. The van der Waals surface area contributed by atoms with E-state index in [1.165, 1.54) is 6.33 Å². The van der Waals surface area contributed by atoms with E-state index < -0.39 is 0 Å².